The number of ether oxygens (including phenoxy) is 2. The monoisotopic (exact) mass is 411 g/mol. The highest BCUT2D eigenvalue weighted by molar-refractivity contribution is 7.89. The molecule has 2 fully saturated rings. The first-order valence-electron chi connectivity index (χ1n) is 10.2. The van der Waals surface area contributed by atoms with Gasteiger partial charge in [-0.15, -0.1) is 0 Å². The number of benzene rings is 1. The highest BCUT2D eigenvalue weighted by atomic mass is 32.2. The Bertz CT molecular complexity index is 751. The van der Waals surface area contributed by atoms with Crippen LogP contribution in [0.4, 0.5) is 0 Å². The van der Waals surface area contributed by atoms with Crippen LogP contribution in [0, 0.1) is 0 Å². The van der Waals surface area contributed by atoms with Crippen molar-refractivity contribution in [3.8, 4) is 0 Å². The standard InChI is InChI=1S/C20H30N2O5S/c1-2-27-19(23)17-6-8-18(9-7-17)28(24,25)21-16-20(10-4-3-5-11-20)22-12-14-26-15-13-22/h6-9,21H,2-5,10-16H2,1H3/p+1. The zero-order valence-corrected chi connectivity index (χ0v) is 17.4. The fourth-order valence-electron chi connectivity index (χ4n) is 4.33. The molecule has 1 aliphatic heterocycles. The van der Waals surface area contributed by atoms with E-state index in [2.05, 4.69) is 4.72 Å². The number of carbonyl (C=O) groups excluding carboxylic acids is 1. The van der Waals surface area contributed by atoms with Gasteiger partial charge >= 0.3 is 5.97 Å². The van der Waals surface area contributed by atoms with Crippen LogP contribution in [-0.2, 0) is 19.5 Å². The van der Waals surface area contributed by atoms with Crippen LogP contribution in [0.1, 0.15) is 49.4 Å². The third kappa shape index (κ3) is 4.92. The normalized spacial score (nSPS) is 20.6. The molecule has 3 rings (SSSR count). The molecule has 28 heavy (non-hydrogen) atoms. The fourth-order valence-corrected chi connectivity index (χ4v) is 5.46. The van der Waals surface area contributed by atoms with Gasteiger partial charge in [-0.1, -0.05) is 6.42 Å². The molecule has 0 amide bonds. The van der Waals surface area contributed by atoms with Crippen LogP contribution in [0.5, 0.6) is 0 Å². The summed E-state index contributed by atoms with van der Waals surface area (Å²) in [5, 5.41) is 0. The molecular weight excluding hydrogens is 380 g/mol. The number of hydrogen-bond donors (Lipinski definition) is 2. The van der Waals surface area contributed by atoms with E-state index >= 15 is 0 Å². The van der Waals surface area contributed by atoms with Crippen molar-refractivity contribution in [3.05, 3.63) is 29.8 Å². The van der Waals surface area contributed by atoms with Crippen molar-refractivity contribution >= 4 is 16.0 Å². The highest BCUT2D eigenvalue weighted by Crippen LogP contribution is 2.26. The zero-order chi connectivity index (χ0) is 20.0. The summed E-state index contributed by atoms with van der Waals surface area (Å²) in [6.45, 7) is 5.78. The molecule has 0 atom stereocenters. The number of morpholine rings is 1. The lowest BCUT2D eigenvalue weighted by molar-refractivity contribution is -0.960. The van der Waals surface area contributed by atoms with E-state index in [9.17, 15) is 13.2 Å². The summed E-state index contributed by atoms with van der Waals surface area (Å²) >= 11 is 0. The van der Waals surface area contributed by atoms with Crippen LogP contribution < -0.4 is 9.62 Å². The van der Waals surface area contributed by atoms with E-state index < -0.39 is 16.0 Å². The average Bonchev–Trinajstić information content (AvgIpc) is 2.74. The summed E-state index contributed by atoms with van der Waals surface area (Å²) < 4.78 is 39.0. The molecule has 7 nitrogen and oxygen atoms in total. The first-order chi connectivity index (χ1) is 13.5. The second-order valence-electron chi connectivity index (χ2n) is 7.63. The lowest BCUT2D eigenvalue weighted by Crippen LogP contribution is -3.23. The molecule has 156 valence electrons. The van der Waals surface area contributed by atoms with Gasteiger partial charge in [0.25, 0.3) is 0 Å². The maximum absolute atomic E-state index is 12.8. The van der Waals surface area contributed by atoms with E-state index in [1.54, 1.807) is 6.92 Å². The third-order valence-electron chi connectivity index (χ3n) is 5.93. The number of rotatable bonds is 7. The fraction of sp³-hybridized carbons (Fsp3) is 0.650. The molecule has 2 aliphatic rings. The lowest BCUT2D eigenvalue weighted by Gasteiger charge is -2.44. The van der Waals surface area contributed by atoms with Crippen LogP contribution in [0.2, 0.25) is 0 Å². The zero-order valence-electron chi connectivity index (χ0n) is 16.5. The quantitative estimate of drug-likeness (QED) is 0.647. The van der Waals surface area contributed by atoms with Gasteiger partial charge in [-0.05, 0) is 44.0 Å². The van der Waals surface area contributed by atoms with Crippen molar-refractivity contribution < 1.29 is 27.6 Å². The molecule has 1 heterocycles. The van der Waals surface area contributed by atoms with E-state index in [1.807, 2.05) is 0 Å². The maximum Gasteiger partial charge on any atom is 0.338 e. The number of esters is 1. The number of quaternary nitrogens is 1. The molecule has 1 saturated heterocycles. The molecule has 1 aromatic carbocycles. The SMILES string of the molecule is CCOC(=O)c1ccc(S(=O)(=O)NCC2([NH+]3CCOCC3)CCCCC2)cc1. The van der Waals surface area contributed by atoms with Gasteiger partial charge in [0.15, 0.2) is 0 Å². The van der Waals surface area contributed by atoms with Gasteiger partial charge in [0, 0.05) is 12.8 Å². The summed E-state index contributed by atoms with van der Waals surface area (Å²) in [4.78, 5) is 13.4. The Morgan fingerprint density at radius 2 is 1.79 bits per heavy atom. The average molecular weight is 412 g/mol. The lowest BCUT2D eigenvalue weighted by atomic mass is 9.80. The molecule has 0 bridgehead atoms. The van der Waals surface area contributed by atoms with Gasteiger partial charge < -0.3 is 14.4 Å². The molecule has 1 aliphatic carbocycles. The topological polar surface area (TPSA) is 86.1 Å². The Kier molecular flexibility index (Phi) is 7.09. The highest BCUT2D eigenvalue weighted by Gasteiger charge is 2.43. The van der Waals surface area contributed by atoms with Gasteiger partial charge in [0.2, 0.25) is 10.0 Å². The van der Waals surface area contributed by atoms with Gasteiger partial charge in [-0.2, -0.15) is 0 Å². The predicted molar refractivity (Wildman–Crippen MR) is 105 cm³/mol. The second-order valence-corrected chi connectivity index (χ2v) is 9.39. The molecule has 8 heteroatoms. The maximum atomic E-state index is 12.8. The minimum absolute atomic E-state index is 0.0556. The van der Waals surface area contributed by atoms with Crippen molar-refractivity contribution in [2.24, 2.45) is 0 Å². The largest absolute Gasteiger partial charge is 0.462 e. The molecule has 0 unspecified atom stereocenters. The van der Waals surface area contributed by atoms with Crippen LogP contribution in [0.3, 0.4) is 0 Å². The van der Waals surface area contributed by atoms with E-state index in [1.165, 1.54) is 35.6 Å². The number of sulfonamides is 1. The Labute approximate surface area is 167 Å². The summed E-state index contributed by atoms with van der Waals surface area (Å²) in [7, 11) is -3.64. The Morgan fingerprint density at radius 1 is 1.14 bits per heavy atom. The van der Waals surface area contributed by atoms with Crippen molar-refractivity contribution in [2.75, 3.05) is 39.5 Å². The van der Waals surface area contributed by atoms with Crippen LogP contribution in [-0.4, -0.2) is 59.4 Å². The number of nitrogens with one attached hydrogen (secondary N) is 2. The summed E-state index contributed by atoms with van der Waals surface area (Å²) in [5.41, 5.74) is 0.294. The summed E-state index contributed by atoms with van der Waals surface area (Å²) in [6, 6.07) is 5.92. The predicted octanol–water partition coefficient (Wildman–Crippen LogP) is 0.760. The Balaban J connectivity index is 1.70. The number of hydrogen-bond acceptors (Lipinski definition) is 5. The van der Waals surface area contributed by atoms with Crippen LogP contribution in [0.25, 0.3) is 0 Å². The molecule has 2 N–H and O–H groups in total. The third-order valence-corrected chi connectivity index (χ3v) is 7.35. The summed E-state index contributed by atoms with van der Waals surface area (Å²) in [6.07, 6.45) is 5.56. The van der Waals surface area contributed by atoms with E-state index in [-0.39, 0.29) is 17.0 Å². The van der Waals surface area contributed by atoms with Crippen molar-refractivity contribution in [2.45, 2.75) is 49.5 Å². The molecule has 1 saturated carbocycles. The van der Waals surface area contributed by atoms with Gasteiger partial charge in [-0.25, -0.2) is 17.9 Å². The van der Waals surface area contributed by atoms with Crippen LogP contribution >= 0.6 is 0 Å². The smallest absolute Gasteiger partial charge is 0.338 e. The molecular formula is C20H31N2O5S+. The molecule has 1 aromatic rings. The molecule has 0 aromatic heterocycles. The van der Waals surface area contributed by atoms with Crippen molar-refractivity contribution in [3.63, 3.8) is 0 Å². The molecule has 0 spiro atoms. The van der Waals surface area contributed by atoms with Gasteiger partial charge in [0.1, 0.15) is 18.6 Å². The minimum atomic E-state index is -3.64. The van der Waals surface area contributed by atoms with Gasteiger partial charge in [0.05, 0.1) is 36.8 Å². The first-order valence-corrected chi connectivity index (χ1v) is 11.6. The number of carbonyl (C=O) groups is 1. The first kappa shape index (κ1) is 21.2. The van der Waals surface area contributed by atoms with Gasteiger partial charge in [-0.3, -0.25) is 0 Å². The Hall–Kier alpha value is -1.48. The summed E-state index contributed by atoms with van der Waals surface area (Å²) in [5.74, 6) is -0.448. The molecule has 0 radical (unpaired) electrons. The van der Waals surface area contributed by atoms with E-state index in [4.69, 9.17) is 9.47 Å². The van der Waals surface area contributed by atoms with Crippen LogP contribution in [0.15, 0.2) is 29.2 Å². The van der Waals surface area contributed by atoms with Crippen molar-refractivity contribution in [1.29, 1.82) is 0 Å². The van der Waals surface area contributed by atoms with E-state index in [0.29, 0.717) is 12.1 Å². The second kappa shape index (κ2) is 9.35. The Morgan fingerprint density at radius 3 is 2.39 bits per heavy atom. The minimum Gasteiger partial charge on any atom is -0.462 e. The van der Waals surface area contributed by atoms with Crippen molar-refractivity contribution in [1.82, 2.24) is 4.72 Å². The van der Waals surface area contributed by atoms with E-state index in [0.717, 1.165) is 52.0 Å².